The second kappa shape index (κ2) is 2.59. The third kappa shape index (κ3) is 0.981. The van der Waals surface area contributed by atoms with Gasteiger partial charge in [0.1, 0.15) is 5.78 Å². The van der Waals surface area contributed by atoms with E-state index in [2.05, 4.69) is 6.08 Å². The van der Waals surface area contributed by atoms with Crippen molar-refractivity contribution in [2.75, 3.05) is 0 Å². The zero-order valence-electron chi connectivity index (χ0n) is 6.87. The van der Waals surface area contributed by atoms with E-state index in [1.165, 1.54) is 0 Å². The highest BCUT2D eigenvalue weighted by molar-refractivity contribution is 5.88. The Morgan fingerprint density at radius 2 is 2.17 bits per heavy atom. The molecule has 0 N–H and O–H groups in total. The van der Waals surface area contributed by atoms with Crippen LogP contribution < -0.4 is 0 Å². The summed E-state index contributed by atoms with van der Waals surface area (Å²) in [5.74, 6) is 0.0393. The fourth-order valence-electron chi connectivity index (χ4n) is 1.50. The van der Waals surface area contributed by atoms with Crippen LogP contribution in [0.2, 0.25) is 0 Å². The van der Waals surface area contributed by atoms with Crippen LogP contribution in [0.3, 0.4) is 0 Å². The zero-order chi connectivity index (χ0) is 8.55. The van der Waals surface area contributed by atoms with Gasteiger partial charge in [-0.05, 0) is 24.1 Å². The van der Waals surface area contributed by atoms with E-state index >= 15 is 0 Å². The minimum atomic E-state index is -0.124. The van der Waals surface area contributed by atoms with Gasteiger partial charge in [0.15, 0.2) is 0 Å². The largest absolute Gasteiger partial charge is 0.299 e. The van der Waals surface area contributed by atoms with Gasteiger partial charge in [-0.1, -0.05) is 30.3 Å². The van der Waals surface area contributed by atoms with Crippen LogP contribution in [0.15, 0.2) is 24.3 Å². The minimum Gasteiger partial charge on any atom is -0.299 e. The van der Waals surface area contributed by atoms with Gasteiger partial charge >= 0.3 is 0 Å². The molecular weight excluding hydrogens is 148 g/mol. The SMILES string of the molecule is CC(=O)C1[C]=Cc2ccccc21. The topological polar surface area (TPSA) is 17.1 Å². The first-order valence-electron chi connectivity index (χ1n) is 3.97. The number of Topliss-reactive ketones (excluding diaryl/α,β-unsaturated/α-hetero) is 1. The summed E-state index contributed by atoms with van der Waals surface area (Å²) >= 11 is 0. The third-order valence-corrected chi connectivity index (χ3v) is 2.12. The summed E-state index contributed by atoms with van der Waals surface area (Å²) in [5, 5.41) is 0. The lowest BCUT2D eigenvalue weighted by atomic mass is 9.98. The summed E-state index contributed by atoms with van der Waals surface area (Å²) in [7, 11) is 0. The fraction of sp³-hybridized carbons (Fsp3) is 0.182. The molecule has 0 heterocycles. The van der Waals surface area contributed by atoms with Crippen LogP contribution in [-0.2, 0) is 4.79 Å². The van der Waals surface area contributed by atoms with Gasteiger partial charge in [0.25, 0.3) is 0 Å². The van der Waals surface area contributed by atoms with Crippen LogP contribution >= 0.6 is 0 Å². The first-order valence-corrected chi connectivity index (χ1v) is 3.97. The molecule has 1 aromatic rings. The summed E-state index contributed by atoms with van der Waals surface area (Å²) in [6.07, 6.45) is 4.94. The number of carbonyl (C=O) groups is 1. The summed E-state index contributed by atoms with van der Waals surface area (Å²) in [6.45, 7) is 1.60. The molecule has 0 fully saturated rings. The molecule has 1 aromatic carbocycles. The van der Waals surface area contributed by atoms with Crippen molar-refractivity contribution in [3.8, 4) is 0 Å². The van der Waals surface area contributed by atoms with Gasteiger partial charge in [-0.25, -0.2) is 0 Å². The Balaban J connectivity index is 2.49. The van der Waals surface area contributed by atoms with Gasteiger partial charge < -0.3 is 0 Å². The maximum atomic E-state index is 11.1. The van der Waals surface area contributed by atoms with Crippen LogP contribution in [0.5, 0.6) is 0 Å². The Morgan fingerprint density at radius 3 is 2.92 bits per heavy atom. The molecule has 1 nitrogen and oxygen atoms in total. The molecule has 1 atom stereocenters. The lowest BCUT2D eigenvalue weighted by Crippen LogP contribution is -2.03. The molecule has 0 saturated heterocycles. The molecule has 12 heavy (non-hydrogen) atoms. The van der Waals surface area contributed by atoms with Gasteiger partial charge in [0, 0.05) is 0 Å². The number of rotatable bonds is 1. The molecule has 1 unspecified atom stereocenters. The Morgan fingerprint density at radius 1 is 1.42 bits per heavy atom. The standard InChI is InChI=1S/C11H9O/c1-8(12)10-7-6-9-4-2-3-5-11(9)10/h2-6,10H,1H3. The van der Waals surface area contributed by atoms with E-state index in [1.54, 1.807) is 6.92 Å². The normalized spacial score (nSPS) is 19.2. The molecule has 1 radical (unpaired) electrons. The monoisotopic (exact) mass is 157 g/mol. The number of carbonyl (C=O) groups excluding carboxylic acids is 1. The first kappa shape index (κ1) is 7.29. The van der Waals surface area contributed by atoms with Crippen LogP contribution in [0.4, 0.5) is 0 Å². The van der Waals surface area contributed by atoms with Crippen molar-refractivity contribution in [2.45, 2.75) is 12.8 Å². The maximum Gasteiger partial charge on any atom is 0.141 e. The van der Waals surface area contributed by atoms with Gasteiger partial charge in [-0.3, -0.25) is 4.79 Å². The van der Waals surface area contributed by atoms with E-state index in [0.717, 1.165) is 11.1 Å². The van der Waals surface area contributed by atoms with Crippen molar-refractivity contribution in [2.24, 2.45) is 0 Å². The van der Waals surface area contributed by atoms with Crippen LogP contribution in [0.1, 0.15) is 24.0 Å². The van der Waals surface area contributed by atoms with Crippen molar-refractivity contribution in [3.05, 3.63) is 41.5 Å². The number of allylic oxidation sites excluding steroid dienone is 1. The lowest BCUT2D eigenvalue weighted by Gasteiger charge is -2.04. The van der Waals surface area contributed by atoms with Crippen LogP contribution in [0, 0.1) is 6.08 Å². The number of ketones is 1. The van der Waals surface area contributed by atoms with Crippen molar-refractivity contribution >= 4 is 11.9 Å². The van der Waals surface area contributed by atoms with Gasteiger partial charge in [-0.2, -0.15) is 0 Å². The zero-order valence-corrected chi connectivity index (χ0v) is 6.87. The second-order valence-corrected chi connectivity index (χ2v) is 2.98. The molecule has 59 valence electrons. The number of benzene rings is 1. The molecule has 0 bridgehead atoms. The van der Waals surface area contributed by atoms with Gasteiger partial charge in [0.05, 0.1) is 5.92 Å². The molecule has 2 rings (SSSR count). The quantitative estimate of drug-likeness (QED) is 0.610. The Hall–Kier alpha value is -1.37. The third-order valence-electron chi connectivity index (χ3n) is 2.12. The Labute approximate surface area is 71.7 Å². The van der Waals surface area contributed by atoms with Crippen LogP contribution in [-0.4, -0.2) is 5.78 Å². The summed E-state index contributed by atoms with van der Waals surface area (Å²) in [5.41, 5.74) is 2.21. The molecule has 0 aromatic heterocycles. The van der Waals surface area contributed by atoms with Crippen LogP contribution in [0.25, 0.3) is 6.08 Å². The molecule has 0 spiro atoms. The van der Waals surface area contributed by atoms with Crippen molar-refractivity contribution < 1.29 is 4.79 Å². The Bertz CT molecular complexity index is 350. The van der Waals surface area contributed by atoms with Gasteiger partial charge in [-0.15, -0.1) is 0 Å². The highest BCUT2D eigenvalue weighted by Gasteiger charge is 2.20. The minimum absolute atomic E-state index is 0.124. The molecule has 1 aliphatic carbocycles. The molecule has 1 aliphatic rings. The fourth-order valence-corrected chi connectivity index (χ4v) is 1.50. The average Bonchev–Trinajstić information content (AvgIpc) is 2.47. The molecule has 0 saturated carbocycles. The van der Waals surface area contributed by atoms with E-state index in [0.29, 0.717) is 0 Å². The van der Waals surface area contributed by atoms with E-state index < -0.39 is 0 Å². The highest BCUT2D eigenvalue weighted by Crippen LogP contribution is 2.29. The predicted octanol–water partition coefficient (Wildman–Crippen LogP) is 2.19. The highest BCUT2D eigenvalue weighted by atomic mass is 16.1. The smallest absolute Gasteiger partial charge is 0.141 e. The maximum absolute atomic E-state index is 11.1. The molecule has 0 amide bonds. The summed E-state index contributed by atoms with van der Waals surface area (Å²) in [4.78, 5) is 11.1. The summed E-state index contributed by atoms with van der Waals surface area (Å²) in [6, 6.07) is 7.91. The first-order chi connectivity index (χ1) is 5.79. The average molecular weight is 157 g/mol. The lowest BCUT2D eigenvalue weighted by molar-refractivity contribution is -0.117. The molecular formula is C11H9O. The number of hydrogen-bond acceptors (Lipinski definition) is 1. The number of hydrogen-bond donors (Lipinski definition) is 0. The van der Waals surface area contributed by atoms with E-state index in [9.17, 15) is 4.79 Å². The van der Waals surface area contributed by atoms with E-state index in [-0.39, 0.29) is 11.7 Å². The van der Waals surface area contributed by atoms with Crippen molar-refractivity contribution in [3.63, 3.8) is 0 Å². The molecule has 1 heteroatoms. The van der Waals surface area contributed by atoms with E-state index in [1.807, 2.05) is 30.3 Å². The van der Waals surface area contributed by atoms with Crippen molar-refractivity contribution in [1.29, 1.82) is 0 Å². The summed E-state index contributed by atoms with van der Waals surface area (Å²) < 4.78 is 0. The molecule has 0 aliphatic heterocycles. The number of fused-ring (bicyclic) bond motifs is 1. The second-order valence-electron chi connectivity index (χ2n) is 2.98. The van der Waals surface area contributed by atoms with Crippen molar-refractivity contribution in [1.82, 2.24) is 0 Å². The predicted molar refractivity (Wildman–Crippen MR) is 47.6 cm³/mol. The Kier molecular flexibility index (Phi) is 1.58. The van der Waals surface area contributed by atoms with E-state index in [4.69, 9.17) is 0 Å². The van der Waals surface area contributed by atoms with Gasteiger partial charge in [0.2, 0.25) is 0 Å².